The van der Waals surface area contributed by atoms with Crippen LogP contribution in [0.1, 0.15) is 51.5 Å². The van der Waals surface area contributed by atoms with Gasteiger partial charge >= 0.3 is 0 Å². The van der Waals surface area contributed by atoms with Crippen molar-refractivity contribution in [3.63, 3.8) is 0 Å². The minimum atomic E-state index is 0.00837. The Hall–Kier alpha value is -0.860. The second-order valence-electron chi connectivity index (χ2n) is 7.64. The molecule has 2 aliphatic heterocycles. The quantitative estimate of drug-likeness (QED) is 0.899. The monoisotopic (exact) mass is 288 g/mol. The molecule has 1 aromatic carbocycles. The van der Waals surface area contributed by atoms with E-state index in [0.29, 0.717) is 5.41 Å². The summed E-state index contributed by atoms with van der Waals surface area (Å²) >= 11 is 0. The van der Waals surface area contributed by atoms with Crippen LogP contribution in [-0.2, 0) is 10.2 Å². The van der Waals surface area contributed by atoms with Crippen LogP contribution in [0, 0.1) is 0 Å². The Balaban J connectivity index is 1.80. The third-order valence-corrected chi connectivity index (χ3v) is 5.49. The molecule has 21 heavy (non-hydrogen) atoms. The van der Waals surface area contributed by atoms with E-state index < -0.39 is 0 Å². The SMILES string of the molecule is CC1(C)C[C@](CC[NH+]2CCCC2)(c2ccccc2)CCO1. The highest BCUT2D eigenvalue weighted by atomic mass is 16.5. The van der Waals surface area contributed by atoms with Gasteiger partial charge in [-0.05, 0) is 32.3 Å². The summed E-state index contributed by atoms with van der Waals surface area (Å²) in [5, 5.41) is 0. The fraction of sp³-hybridized carbons (Fsp3) is 0.684. The molecule has 1 aromatic rings. The molecule has 0 bridgehead atoms. The van der Waals surface area contributed by atoms with Crippen molar-refractivity contribution in [2.75, 3.05) is 26.2 Å². The first-order valence-corrected chi connectivity index (χ1v) is 8.63. The fourth-order valence-corrected chi connectivity index (χ4v) is 4.41. The molecule has 2 fully saturated rings. The Morgan fingerprint density at radius 3 is 2.48 bits per heavy atom. The van der Waals surface area contributed by atoms with E-state index in [1.165, 1.54) is 50.9 Å². The third kappa shape index (κ3) is 3.49. The molecule has 1 atom stereocenters. The summed E-state index contributed by atoms with van der Waals surface area (Å²) < 4.78 is 6.01. The molecule has 2 heterocycles. The second-order valence-corrected chi connectivity index (χ2v) is 7.64. The second kappa shape index (κ2) is 6.10. The zero-order valence-corrected chi connectivity index (χ0v) is 13.7. The van der Waals surface area contributed by atoms with Gasteiger partial charge in [-0.3, -0.25) is 0 Å². The van der Waals surface area contributed by atoms with E-state index in [1.807, 2.05) is 4.90 Å². The van der Waals surface area contributed by atoms with Crippen LogP contribution >= 0.6 is 0 Å². The lowest BCUT2D eigenvalue weighted by molar-refractivity contribution is -0.888. The zero-order valence-electron chi connectivity index (χ0n) is 13.7. The van der Waals surface area contributed by atoms with Crippen molar-refractivity contribution in [1.29, 1.82) is 0 Å². The summed E-state index contributed by atoms with van der Waals surface area (Å²) in [5.41, 5.74) is 1.85. The number of ether oxygens (including phenoxy) is 1. The van der Waals surface area contributed by atoms with Crippen molar-refractivity contribution in [3.8, 4) is 0 Å². The summed E-state index contributed by atoms with van der Waals surface area (Å²) in [5.74, 6) is 0. The van der Waals surface area contributed by atoms with Crippen molar-refractivity contribution in [2.24, 2.45) is 0 Å². The maximum atomic E-state index is 6.01. The van der Waals surface area contributed by atoms with Gasteiger partial charge in [-0.25, -0.2) is 0 Å². The van der Waals surface area contributed by atoms with E-state index in [1.54, 1.807) is 0 Å². The first kappa shape index (κ1) is 15.1. The van der Waals surface area contributed by atoms with Crippen LogP contribution in [0.4, 0.5) is 0 Å². The van der Waals surface area contributed by atoms with E-state index >= 15 is 0 Å². The van der Waals surface area contributed by atoms with Gasteiger partial charge in [0.25, 0.3) is 0 Å². The Bertz CT molecular complexity index is 450. The number of hydrogen-bond donors (Lipinski definition) is 1. The lowest BCUT2D eigenvalue weighted by Gasteiger charge is -2.45. The highest BCUT2D eigenvalue weighted by Crippen LogP contribution is 2.43. The Morgan fingerprint density at radius 1 is 1.10 bits per heavy atom. The summed E-state index contributed by atoms with van der Waals surface area (Å²) in [6, 6.07) is 11.2. The first-order valence-electron chi connectivity index (χ1n) is 8.63. The van der Waals surface area contributed by atoms with Gasteiger partial charge in [0, 0.05) is 31.3 Å². The van der Waals surface area contributed by atoms with Crippen molar-refractivity contribution in [1.82, 2.24) is 0 Å². The maximum absolute atomic E-state index is 6.01. The minimum absolute atomic E-state index is 0.00837. The van der Waals surface area contributed by atoms with E-state index in [2.05, 4.69) is 44.2 Å². The minimum Gasteiger partial charge on any atom is -0.376 e. The Morgan fingerprint density at radius 2 is 1.81 bits per heavy atom. The molecule has 0 aromatic heterocycles. The molecule has 0 radical (unpaired) electrons. The van der Waals surface area contributed by atoms with E-state index in [0.717, 1.165) is 13.0 Å². The van der Waals surface area contributed by atoms with Crippen molar-refractivity contribution in [2.45, 2.75) is 57.0 Å². The Labute approximate surface area is 129 Å². The number of nitrogens with one attached hydrogen (secondary N) is 1. The van der Waals surface area contributed by atoms with E-state index in [4.69, 9.17) is 4.74 Å². The molecule has 0 amide bonds. The van der Waals surface area contributed by atoms with Gasteiger partial charge in [-0.15, -0.1) is 0 Å². The van der Waals surface area contributed by atoms with Crippen molar-refractivity contribution >= 4 is 0 Å². The molecule has 0 aliphatic carbocycles. The summed E-state index contributed by atoms with van der Waals surface area (Å²) in [6.45, 7) is 9.50. The lowest BCUT2D eigenvalue weighted by atomic mass is 9.67. The average Bonchev–Trinajstić information content (AvgIpc) is 2.98. The first-order chi connectivity index (χ1) is 10.1. The van der Waals surface area contributed by atoms with Gasteiger partial charge < -0.3 is 9.64 Å². The number of rotatable bonds is 4. The molecular weight excluding hydrogens is 258 g/mol. The molecule has 0 unspecified atom stereocenters. The molecule has 2 saturated heterocycles. The van der Waals surface area contributed by atoms with Crippen molar-refractivity contribution < 1.29 is 9.64 Å². The molecule has 2 nitrogen and oxygen atoms in total. The number of quaternary nitrogens is 1. The molecule has 1 N–H and O–H groups in total. The normalized spacial score (nSPS) is 29.6. The van der Waals surface area contributed by atoms with Crippen LogP contribution in [0.2, 0.25) is 0 Å². The predicted molar refractivity (Wildman–Crippen MR) is 86.8 cm³/mol. The molecule has 3 rings (SSSR count). The lowest BCUT2D eigenvalue weighted by Crippen LogP contribution is -3.10. The largest absolute Gasteiger partial charge is 0.376 e. The molecule has 2 heteroatoms. The van der Waals surface area contributed by atoms with E-state index in [-0.39, 0.29) is 5.60 Å². The van der Waals surface area contributed by atoms with Crippen molar-refractivity contribution in [3.05, 3.63) is 35.9 Å². The summed E-state index contributed by atoms with van der Waals surface area (Å²) in [6.07, 6.45) is 6.47. The Kier molecular flexibility index (Phi) is 4.37. The van der Waals surface area contributed by atoms with Crippen LogP contribution in [0.5, 0.6) is 0 Å². The van der Waals surface area contributed by atoms with Crippen LogP contribution in [0.25, 0.3) is 0 Å². The van der Waals surface area contributed by atoms with Gasteiger partial charge in [-0.1, -0.05) is 30.3 Å². The van der Waals surface area contributed by atoms with Crippen LogP contribution in [-0.4, -0.2) is 31.8 Å². The molecular formula is C19H30NO+. The zero-order chi connectivity index (χ0) is 14.8. The number of likely N-dealkylation sites (tertiary alicyclic amines) is 1. The standard InChI is InChI=1S/C19H29NO/c1-18(2)16-19(11-15-21-18,17-8-4-3-5-9-17)10-14-20-12-6-7-13-20/h3-5,8-9H,6-7,10-16H2,1-2H3/p+1/t19-/m1/s1. The predicted octanol–water partition coefficient (Wildman–Crippen LogP) is 2.58. The molecule has 0 saturated carbocycles. The highest BCUT2D eigenvalue weighted by molar-refractivity contribution is 5.27. The van der Waals surface area contributed by atoms with E-state index in [9.17, 15) is 0 Å². The van der Waals surface area contributed by atoms with Crippen LogP contribution < -0.4 is 4.90 Å². The van der Waals surface area contributed by atoms with Gasteiger partial charge in [0.2, 0.25) is 0 Å². The number of benzene rings is 1. The van der Waals surface area contributed by atoms with Gasteiger partial charge in [-0.2, -0.15) is 0 Å². The average molecular weight is 288 g/mol. The maximum Gasteiger partial charge on any atom is 0.0779 e. The fourth-order valence-electron chi connectivity index (χ4n) is 4.41. The van der Waals surface area contributed by atoms with Gasteiger partial charge in [0.05, 0.1) is 25.2 Å². The molecule has 2 aliphatic rings. The van der Waals surface area contributed by atoms with Gasteiger partial charge in [0.1, 0.15) is 0 Å². The number of hydrogen-bond acceptors (Lipinski definition) is 1. The van der Waals surface area contributed by atoms with Gasteiger partial charge in [0.15, 0.2) is 0 Å². The van der Waals surface area contributed by atoms with Crippen LogP contribution in [0.15, 0.2) is 30.3 Å². The highest BCUT2D eigenvalue weighted by Gasteiger charge is 2.42. The summed E-state index contributed by atoms with van der Waals surface area (Å²) in [4.78, 5) is 1.81. The third-order valence-electron chi connectivity index (χ3n) is 5.49. The molecule has 116 valence electrons. The smallest absolute Gasteiger partial charge is 0.0779 e. The summed E-state index contributed by atoms with van der Waals surface area (Å²) in [7, 11) is 0. The van der Waals surface area contributed by atoms with Crippen LogP contribution in [0.3, 0.4) is 0 Å². The topological polar surface area (TPSA) is 13.7 Å². The molecule has 0 spiro atoms.